The lowest BCUT2D eigenvalue weighted by atomic mass is 10.1. The van der Waals surface area contributed by atoms with Crippen LogP contribution in [0.5, 0.6) is 0 Å². The monoisotopic (exact) mass is 341 g/mol. The van der Waals surface area contributed by atoms with Crippen LogP contribution >= 0.6 is 0 Å². The van der Waals surface area contributed by atoms with Crippen LogP contribution < -0.4 is 0 Å². The summed E-state index contributed by atoms with van der Waals surface area (Å²) in [7, 11) is 1.90. The van der Waals surface area contributed by atoms with E-state index in [2.05, 4.69) is 4.98 Å². The summed E-state index contributed by atoms with van der Waals surface area (Å²) in [5, 5.41) is 0. The van der Waals surface area contributed by atoms with Crippen LogP contribution in [0, 0.1) is 0 Å². The molecule has 0 radical (unpaired) electrons. The molecule has 0 N–H and O–H groups in total. The fourth-order valence-corrected chi connectivity index (χ4v) is 3.86. The molecule has 2 fully saturated rings. The summed E-state index contributed by atoms with van der Waals surface area (Å²) in [6.07, 6.45) is 7.28. The second-order valence-corrected chi connectivity index (χ2v) is 6.69. The fourth-order valence-electron chi connectivity index (χ4n) is 3.86. The SMILES string of the molecule is Cn1cccc1C(=O)N1CCO[C@H]2[C@H](OCc3cccnc3)CC[C@@H]21. The van der Waals surface area contributed by atoms with Crippen molar-refractivity contribution in [2.45, 2.75) is 37.7 Å². The molecule has 25 heavy (non-hydrogen) atoms. The minimum Gasteiger partial charge on any atom is -0.372 e. The maximum Gasteiger partial charge on any atom is 0.270 e. The molecule has 132 valence electrons. The minimum atomic E-state index is -0.0466. The number of aromatic nitrogens is 2. The Hall–Kier alpha value is -2.18. The summed E-state index contributed by atoms with van der Waals surface area (Å²) in [5.41, 5.74) is 1.78. The van der Waals surface area contributed by atoms with Gasteiger partial charge < -0.3 is 18.9 Å². The van der Waals surface area contributed by atoms with Gasteiger partial charge in [-0.3, -0.25) is 9.78 Å². The van der Waals surface area contributed by atoms with E-state index in [-0.39, 0.29) is 24.2 Å². The summed E-state index contributed by atoms with van der Waals surface area (Å²) in [6.45, 7) is 1.72. The number of hydrogen-bond donors (Lipinski definition) is 0. The Bertz CT molecular complexity index is 731. The van der Waals surface area contributed by atoms with Crippen LogP contribution in [0.2, 0.25) is 0 Å². The molecule has 6 nitrogen and oxygen atoms in total. The van der Waals surface area contributed by atoms with Crippen LogP contribution in [0.4, 0.5) is 0 Å². The second-order valence-electron chi connectivity index (χ2n) is 6.69. The van der Waals surface area contributed by atoms with Crippen LogP contribution in [0.3, 0.4) is 0 Å². The Morgan fingerprint density at radius 2 is 2.28 bits per heavy atom. The molecule has 1 amide bonds. The molecule has 3 atom stereocenters. The predicted molar refractivity (Wildman–Crippen MR) is 92.0 cm³/mol. The van der Waals surface area contributed by atoms with Crippen molar-refractivity contribution >= 4 is 5.91 Å². The van der Waals surface area contributed by atoms with Gasteiger partial charge in [0, 0.05) is 32.2 Å². The molecule has 3 heterocycles. The Morgan fingerprint density at radius 3 is 3.04 bits per heavy atom. The molecule has 0 unspecified atom stereocenters. The van der Waals surface area contributed by atoms with E-state index in [0.29, 0.717) is 19.8 Å². The van der Waals surface area contributed by atoms with Crippen molar-refractivity contribution in [1.82, 2.24) is 14.5 Å². The lowest BCUT2D eigenvalue weighted by Crippen LogP contribution is -2.54. The first kappa shape index (κ1) is 16.3. The van der Waals surface area contributed by atoms with E-state index in [4.69, 9.17) is 9.47 Å². The first-order chi connectivity index (χ1) is 12.2. The quantitative estimate of drug-likeness (QED) is 0.854. The molecule has 0 spiro atoms. The summed E-state index contributed by atoms with van der Waals surface area (Å²) >= 11 is 0. The number of fused-ring (bicyclic) bond motifs is 1. The fraction of sp³-hybridized carbons (Fsp3) is 0.474. The number of ether oxygens (including phenoxy) is 2. The number of carbonyl (C=O) groups is 1. The summed E-state index contributed by atoms with van der Waals surface area (Å²) in [5.74, 6) is 0.0821. The van der Waals surface area contributed by atoms with Crippen molar-refractivity contribution in [3.05, 3.63) is 54.1 Å². The van der Waals surface area contributed by atoms with Gasteiger partial charge >= 0.3 is 0 Å². The molecular formula is C19H23N3O3. The molecule has 2 aromatic rings. The number of aryl methyl sites for hydroxylation is 1. The number of morpholine rings is 1. The summed E-state index contributed by atoms with van der Waals surface area (Å²) in [4.78, 5) is 19.0. The van der Waals surface area contributed by atoms with Crippen molar-refractivity contribution in [3.8, 4) is 0 Å². The molecule has 0 bridgehead atoms. The van der Waals surface area contributed by atoms with Gasteiger partial charge in [0.05, 0.1) is 25.4 Å². The molecule has 1 aliphatic carbocycles. The lowest BCUT2D eigenvalue weighted by molar-refractivity contribution is -0.108. The van der Waals surface area contributed by atoms with Gasteiger partial charge in [0.1, 0.15) is 11.8 Å². The van der Waals surface area contributed by atoms with Crippen LogP contribution in [0.15, 0.2) is 42.9 Å². The summed E-state index contributed by atoms with van der Waals surface area (Å²) in [6, 6.07) is 7.78. The standard InChI is InChI=1S/C19H23N3O3/c1-21-9-3-5-16(21)19(23)22-10-11-24-18-15(22)6-7-17(18)25-13-14-4-2-8-20-12-14/h2-5,8-9,12,15,17-18H,6-7,10-11,13H2,1H3/t15-,17+,18+/m0/s1. The number of hydrogen-bond acceptors (Lipinski definition) is 4. The zero-order valence-corrected chi connectivity index (χ0v) is 14.4. The predicted octanol–water partition coefficient (Wildman–Crippen LogP) is 2.01. The van der Waals surface area contributed by atoms with Gasteiger partial charge in [0.2, 0.25) is 0 Å². The number of rotatable bonds is 4. The molecule has 2 aliphatic rings. The molecule has 4 rings (SSSR count). The van der Waals surface area contributed by atoms with Gasteiger partial charge in [-0.2, -0.15) is 0 Å². The third-order valence-electron chi connectivity index (χ3n) is 5.15. The van der Waals surface area contributed by atoms with Crippen LogP contribution in [0.1, 0.15) is 28.9 Å². The Labute approximate surface area is 147 Å². The molecule has 0 aromatic carbocycles. The number of amides is 1. The normalized spacial score (nSPS) is 25.8. The van der Waals surface area contributed by atoms with E-state index in [1.54, 1.807) is 6.20 Å². The van der Waals surface area contributed by atoms with Gasteiger partial charge in [-0.25, -0.2) is 0 Å². The number of carbonyl (C=O) groups excluding carboxylic acids is 1. The average Bonchev–Trinajstić information content (AvgIpc) is 3.26. The van der Waals surface area contributed by atoms with Gasteiger partial charge in [-0.15, -0.1) is 0 Å². The maximum absolute atomic E-state index is 12.9. The first-order valence-electron chi connectivity index (χ1n) is 8.78. The molecule has 6 heteroatoms. The van der Waals surface area contributed by atoms with E-state index in [9.17, 15) is 4.79 Å². The Balaban J connectivity index is 1.43. The average molecular weight is 341 g/mol. The Kier molecular flexibility index (Phi) is 4.55. The van der Waals surface area contributed by atoms with Crippen molar-refractivity contribution in [3.63, 3.8) is 0 Å². The third kappa shape index (κ3) is 3.19. The van der Waals surface area contributed by atoms with Crippen molar-refractivity contribution in [2.75, 3.05) is 13.2 Å². The number of pyridine rings is 1. The largest absolute Gasteiger partial charge is 0.372 e. The molecule has 1 aliphatic heterocycles. The topological polar surface area (TPSA) is 56.6 Å². The van der Waals surface area contributed by atoms with E-state index in [1.165, 1.54) is 0 Å². The molecule has 1 saturated heterocycles. The van der Waals surface area contributed by atoms with E-state index >= 15 is 0 Å². The van der Waals surface area contributed by atoms with Crippen LogP contribution in [-0.2, 0) is 23.1 Å². The molecule has 1 saturated carbocycles. The highest BCUT2D eigenvalue weighted by molar-refractivity contribution is 5.93. The second kappa shape index (κ2) is 6.98. The Morgan fingerprint density at radius 1 is 1.36 bits per heavy atom. The zero-order chi connectivity index (χ0) is 17.2. The van der Waals surface area contributed by atoms with E-state index < -0.39 is 0 Å². The first-order valence-corrected chi connectivity index (χ1v) is 8.78. The highest BCUT2D eigenvalue weighted by Gasteiger charge is 2.45. The maximum atomic E-state index is 12.9. The minimum absolute atomic E-state index is 0.0224. The van der Waals surface area contributed by atoms with Crippen molar-refractivity contribution in [1.29, 1.82) is 0 Å². The highest BCUT2D eigenvalue weighted by Crippen LogP contribution is 2.33. The van der Waals surface area contributed by atoms with Crippen LogP contribution in [0.25, 0.3) is 0 Å². The van der Waals surface area contributed by atoms with Gasteiger partial charge in [0.15, 0.2) is 0 Å². The highest BCUT2D eigenvalue weighted by atomic mass is 16.5. The third-order valence-corrected chi connectivity index (χ3v) is 5.15. The zero-order valence-electron chi connectivity index (χ0n) is 14.4. The smallest absolute Gasteiger partial charge is 0.270 e. The van der Waals surface area contributed by atoms with Gasteiger partial charge in [0.25, 0.3) is 5.91 Å². The van der Waals surface area contributed by atoms with Crippen molar-refractivity contribution in [2.24, 2.45) is 7.05 Å². The molecule has 2 aromatic heterocycles. The number of nitrogens with zero attached hydrogens (tertiary/aromatic N) is 3. The molecular weight excluding hydrogens is 318 g/mol. The lowest BCUT2D eigenvalue weighted by Gasteiger charge is -2.39. The van der Waals surface area contributed by atoms with Crippen molar-refractivity contribution < 1.29 is 14.3 Å². The van der Waals surface area contributed by atoms with E-state index in [1.807, 2.05) is 53.2 Å². The summed E-state index contributed by atoms with van der Waals surface area (Å²) < 4.78 is 14.0. The van der Waals surface area contributed by atoms with Gasteiger partial charge in [-0.1, -0.05) is 6.07 Å². The van der Waals surface area contributed by atoms with E-state index in [0.717, 1.165) is 24.1 Å². The van der Waals surface area contributed by atoms with Crippen LogP contribution in [-0.4, -0.2) is 51.8 Å². The van der Waals surface area contributed by atoms with Gasteiger partial charge in [-0.05, 0) is 36.6 Å².